The average molecular weight is 349 g/mol. The molecular weight excluding hydrogens is 332 g/mol. The predicted molar refractivity (Wildman–Crippen MR) is 103 cm³/mol. The fourth-order valence-corrected chi connectivity index (χ4v) is 3.07. The fourth-order valence-electron chi connectivity index (χ4n) is 2.87. The zero-order valence-corrected chi connectivity index (χ0v) is 14.5. The Balaban J connectivity index is 1.57. The van der Waals surface area contributed by atoms with Crippen LogP contribution in [0.3, 0.4) is 0 Å². The normalized spacial score (nSPS) is 11.0. The number of H-pyrrole nitrogens is 1. The minimum Gasteiger partial charge on any atom is -0.359 e. The number of nitrogens with one attached hydrogen (secondary N) is 2. The third-order valence-corrected chi connectivity index (χ3v) is 4.41. The highest BCUT2D eigenvalue weighted by Gasteiger charge is 2.06. The lowest BCUT2D eigenvalue weighted by Gasteiger charge is -2.08. The molecule has 4 aromatic rings. The molecule has 0 spiro atoms. The molecule has 0 aliphatic rings. The number of aromatic nitrogens is 3. The van der Waals surface area contributed by atoms with Crippen molar-refractivity contribution < 1.29 is 0 Å². The topological polar surface area (TPSA) is 53.6 Å². The Labute approximate surface area is 150 Å². The second-order valence-corrected chi connectivity index (χ2v) is 6.41. The number of rotatable bonds is 4. The zero-order chi connectivity index (χ0) is 17.2. The number of fused-ring (bicyclic) bond motifs is 1. The van der Waals surface area contributed by atoms with Crippen LogP contribution in [-0.4, -0.2) is 15.0 Å². The molecule has 0 amide bonds. The molecule has 0 bridgehead atoms. The van der Waals surface area contributed by atoms with Crippen LogP contribution in [0.5, 0.6) is 0 Å². The summed E-state index contributed by atoms with van der Waals surface area (Å²) in [5.74, 6) is 1.50. The standard InChI is InChI=1S/C20H17ClN4/c1-13-10-15-11-16(6-7-18(15)23-13)24-19-8-9-22-20(25-19)12-14-4-2-3-5-17(14)21/h2-11,23H,12H2,1H3,(H,22,24,25). The van der Waals surface area contributed by atoms with Gasteiger partial charge >= 0.3 is 0 Å². The summed E-state index contributed by atoms with van der Waals surface area (Å²) < 4.78 is 0. The summed E-state index contributed by atoms with van der Waals surface area (Å²) in [5, 5.41) is 5.26. The van der Waals surface area contributed by atoms with Crippen molar-refractivity contribution in [2.75, 3.05) is 5.32 Å². The Bertz CT molecular complexity index is 1040. The number of benzene rings is 2. The second kappa shape index (κ2) is 6.57. The summed E-state index contributed by atoms with van der Waals surface area (Å²) in [4.78, 5) is 12.3. The van der Waals surface area contributed by atoms with Crippen LogP contribution in [0.15, 0.2) is 60.8 Å². The van der Waals surface area contributed by atoms with Gasteiger partial charge in [0.1, 0.15) is 11.6 Å². The third-order valence-electron chi connectivity index (χ3n) is 4.04. The van der Waals surface area contributed by atoms with Crippen LogP contribution in [0, 0.1) is 6.92 Å². The highest BCUT2D eigenvalue weighted by molar-refractivity contribution is 6.31. The number of hydrogen-bond acceptors (Lipinski definition) is 3. The van der Waals surface area contributed by atoms with Crippen LogP contribution in [0.25, 0.3) is 10.9 Å². The molecule has 4 rings (SSSR count). The molecular formula is C20H17ClN4. The van der Waals surface area contributed by atoms with Gasteiger partial charge in [0.2, 0.25) is 0 Å². The van der Waals surface area contributed by atoms with E-state index in [0.29, 0.717) is 6.42 Å². The second-order valence-electron chi connectivity index (χ2n) is 6.01. The Hall–Kier alpha value is -2.85. The van der Waals surface area contributed by atoms with Gasteiger partial charge in [-0.1, -0.05) is 29.8 Å². The molecule has 2 heterocycles. The third kappa shape index (κ3) is 3.49. The first-order valence-electron chi connectivity index (χ1n) is 8.09. The Morgan fingerprint density at radius 2 is 1.96 bits per heavy atom. The van der Waals surface area contributed by atoms with E-state index in [1.807, 2.05) is 36.4 Å². The van der Waals surface area contributed by atoms with E-state index in [0.717, 1.165) is 39.1 Å². The van der Waals surface area contributed by atoms with E-state index in [-0.39, 0.29) is 0 Å². The Morgan fingerprint density at radius 1 is 1.08 bits per heavy atom. The number of nitrogens with zero attached hydrogens (tertiary/aromatic N) is 2. The lowest BCUT2D eigenvalue weighted by Crippen LogP contribution is -2.01. The Kier molecular flexibility index (Phi) is 4.12. The monoisotopic (exact) mass is 348 g/mol. The van der Waals surface area contributed by atoms with E-state index < -0.39 is 0 Å². The van der Waals surface area contributed by atoms with Crippen molar-refractivity contribution in [2.45, 2.75) is 13.3 Å². The average Bonchev–Trinajstić information content (AvgIpc) is 2.97. The van der Waals surface area contributed by atoms with Crippen molar-refractivity contribution in [3.05, 3.63) is 82.9 Å². The minimum absolute atomic E-state index is 0.602. The minimum atomic E-state index is 0.602. The number of aromatic amines is 1. The van der Waals surface area contributed by atoms with Gasteiger partial charge in [0.25, 0.3) is 0 Å². The fraction of sp³-hybridized carbons (Fsp3) is 0.100. The van der Waals surface area contributed by atoms with E-state index in [2.05, 4.69) is 45.4 Å². The molecule has 0 unspecified atom stereocenters. The summed E-state index contributed by atoms with van der Waals surface area (Å²) in [6.45, 7) is 2.05. The summed E-state index contributed by atoms with van der Waals surface area (Å²) >= 11 is 6.23. The van der Waals surface area contributed by atoms with Crippen LogP contribution in [0.1, 0.15) is 17.1 Å². The predicted octanol–water partition coefficient (Wildman–Crippen LogP) is 5.25. The van der Waals surface area contributed by atoms with E-state index >= 15 is 0 Å². The van der Waals surface area contributed by atoms with Gasteiger partial charge in [-0.05, 0) is 48.9 Å². The van der Waals surface area contributed by atoms with Gasteiger partial charge in [0, 0.05) is 39.9 Å². The van der Waals surface area contributed by atoms with Gasteiger partial charge in [-0.3, -0.25) is 0 Å². The van der Waals surface area contributed by atoms with E-state index in [1.54, 1.807) is 6.20 Å². The van der Waals surface area contributed by atoms with Gasteiger partial charge in [-0.2, -0.15) is 0 Å². The number of aryl methyl sites for hydroxylation is 1. The van der Waals surface area contributed by atoms with E-state index in [1.165, 1.54) is 5.39 Å². The van der Waals surface area contributed by atoms with Crippen molar-refractivity contribution in [1.82, 2.24) is 15.0 Å². The van der Waals surface area contributed by atoms with Crippen molar-refractivity contribution in [3.8, 4) is 0 Å². The van der Waals surface area contributed by atoms with Crippen LogP contribution < -0.4 is 5.32 Å². The quantitative estimate of drug-likeness (QED) is 0.529. The molecule has 25 heavy (non-hydrogen) atoms. The highest BCUT2D eigenvalue weighted by Crippen LogP contribution is 2.23. The molecule has 0 saturated heterocycles. The number of hydrogen-bond donors (Lipinski definition) is 2. The molecule has 0 aliphatic carbocycles. The summed E-state index contributed by atoms with van der Waals surface area (Å²) in [5.41, 5.74) is 4.29. The zero-order valence-electron chi connectivity index (χ0n) is 13.8. The molecule has 124 valence electrons. The van der Waals surface area contributed by atoms with Gasteiger partial charge in [-0.25, -0.2) is 9.97 Å². The first-order chi connectivity index (χ1) is 12.2. The van der Waals surface area contributed by atoms with Crippen molar-refractivity contribution in [3.63, 3.8) is 0 Å². The molecule has 0 atom stereocenters. The van der Waals surface area contributed by atoms with E-state index in [4.69, 9.17) is 11.6 Å². The van der Waals surface area contributed by atoms with Crippen LogP contribution in [0.4, 0.5) is 11.5 Å². The van der Waals surface area contributed by atoms with Crippen molar-refractivity contribution in [2.24, 2.45) is 0 Å². The van der Waals surface area contributed by atoms with Crippen molar-refractivity contribution >= 4 is 34.0 Å². The maximum absolute atomic E-state index is 6.23. The van der Waals surface area contributed by atoms with Gasteiger partial charge in [-0.15, -0.1) is 0 Å². The first kappa shape index (κ1) is 15.7. The van der Waals surface area contributed by atoms with E-state index in [9.17, 15) is 0 Å². The molecule has 2 aromatic carbocycles. The molecule has 4 nitrogen and oxygen atoms in total. The van der Waals surface area contributed by atoms with Crippen LogP contribution in [-0.2, 0) is 6.42 Å². The summed E-state index contributed by atoms with van der Waals surface area (Å²) in [7, 11) is 0. The number of anilines is 2. The van der Waals surface area contributed by atoms with Crippen LogP contribution >= 0.6 is 11.6 Å². The van der Waals surface area contributed by atoms with Crippen LogP contribution in [0.2, 0.25) is 5.02 Å². The Morgan fingerprint density at radius 3 is 2.84 bits per heavy atom. The maximum atomic E-state index is 6.23. The molecule has 0 fully saturated rings. The van der Waals surface area contributed by atoms with Gasteiger partial charge in [0.05, 0.1) is 0 Å². The summed E-state index contributed by atoms with van der Waals surface area (Å²) in [6, 6.07) is 18.0. The smallest absolute Gasteiger partial charge is 0.135 e. The largest absolute Gasteiger partial charge is 0.359 e. The highest BCUT2D eigenvalue weighted by atomic mass is 35.5. The SMILES string of the molecule is Cc1cc2cc(Nc3ccnc(Cc4ccccc4Cl)n3)ccc2[nH]1. The maximum Gasteiger partial charge on any atom is 0.135 e. The molecule has 0 radical (unpaired) electrons. The van der Waals surface area contributed by atoms with Crippen molar-refractivity contribution in [1.29, 1.82) is 0 Å². The molecule has 0 saturated carbocycles. The molecule has 0 aliphatic heterocycles. The molecule has 2 aromatic heterocycles. The molecule has 2 N–H and O–H groups in total. The lowest BCUT2D eigenvalue weighted by molar-refractivity contribution is 0.972. The lowest BCUT2D eigenvalue weighted by atomic mass is 10.1. The molecule has 5 heteroatoms. The summed E-state index contributed by atoms with van der Waals surface area (Å²) in [6.07, 6.45) is 2.37. The first-order valence-corrected chi connectivity index (χ1v) is 8.47. The van der Waals surface area contributed by atoms with Gasteiger partial charge < -0.3 is 10.3 Å². The van der Waals surface area contributed by atoms with Gasteiger partial charge in [0.15, 0.2) is 0 Å². The number of halogens is 1.